The van der Waals surface area contributed by atoms with E-state index in [0.717, 1.165) is 12.2 Å². The molecule has 0 saturated heterocycles. The number of nitrogens with two attached hydrogens (primary N) is 1. The Hall–Kier alpha value is -0.470. The summed E-state index contributed by atoms with van der Waals surface area (Å²) in [4.78, 5) is 0. The summed E-state index contributed by atoms with van der Waals surface area (Å²) in [6.45, 7) is 2.08. The lowest BCUT2D eigenvalue weighted by molar-refractivity contribution is 0.706. The van der Waals surface area contributed by atoms with Gasteiger partial charge in [-0.2, -0.15) is 12.6 Å². The van der Waals surface area contributed by atoms with Crippen LogP contribution in [-0.4, -0.2) is 5.75 Å². The van der Waals surface area contributed by atoms with Gasteiger partial charge in [-0.25, -0.2) is 0 Å². The van der Waals surface area contributed by atoms with Crippen LogP contribution < -0.4 is 5.73 Å². The van der Waals surface area contributed by atoms with Crippen LogP contribution in [0.2, 0.25) is 0 Å². The van der Waals surface area contributed by atoms with Crippen LogP contribution in [0, 0.1) is 6.92 Å². The predicted molar refractivity (Wildman–Crippen MR) is 56.6 cm³/mol. The van der Waals surface area contributed by atoms with E-state index in [0.29, 0.717) is 0 Å². The zero-order valence-corrected chi connectivity index (χ0v) is 8.22. The quantitative estimate of drug-likeness (QED) is 0.688. The lowest BCUT2D eigenvalue weighted by Crippen LogP contribution is -2.10. The van der Waals surface area contributed by atoms with E-state index in [4.69, 9.17) is 5.73 Å². The van der Waals surface area contributed by atoms with Crippen LogP contribution in [0.5, 0.6) is 0 Å². The van der Waals surface area contributed by atoms with Crippen molar-refractivity contribution >= 4 is 12.6 Å². The van der Waals surface area contributed by atoms with Gasteiger partial charge in [-0.15, -0.1) is 0 Å². The summed E-state index contributed by atoms with van der Waals surface area (Å²) in [7, 11) is 0. The second-order valence-corrected chi connectivity index (χ2v) is 3.48. The van der Waals surface area contributed by atoms with Gasteiger partial charge in [0.25, 0.3) is 0 Å². The van der Waals surface area contributed by atoms with E-state index in [-0.39, 0.29) is 6.04 Å². The third kappa shape index (κ3) is 2.54. The first-order valence-corrected chi connectivity index (χ1v) is 4.80. The van der Waals surface area contributed by atoms with Gasteiger partial charge >= 0.3 is 0 Å². The standard InChI is InChI=1S/C10H15NS/c1-8-3-2-4-9(7-8)10(11)5-6-12/h2-4,7,10,12H,5-6,11H2,1H3. The SMILES string of the molecule is Cc1cccc(C(N)CCS)c1. The van der Waals surface area contributed by atoms with Gasteiger partial charge in [-0.3, -0.25) is 0 Å². The first-order valence-electron chi connectivity index (χ1n) is 4.17. The van der Waals surface area contributed by atoms with Crippen molar-refractivity contribution in [3.63, 3.8) is 0 Å². The summed E-state index contributed by atoms with van der Waals surface area (Å²) >= 11 is 4.16. The average Bonchev–Trinajstić information content (AvgIpc) is 2.05. The monoisotopic (exact) mass is 181 g/mol. The fourth-order valence-electron chi connectivity index (χ4n) is 1.21. The van der Waals surface area contributed by atoms with E-state index in [9.17, 15) is 0 Å². The second kappa shape index (κ2) is 4.53. The Morgan fingerprint density at radius 3 is 2.83 bits per heavy atom. The number of hydrogen-bond donors (Lipinski definition) is 2. The van der Waals surface area contributed by atoms with Crippen LogP contribution in [0.4, 0.5) is 0 Å². The van der Waals surface area contributed by atoms with Gasteiger partial charge in [0.05, 0.1) is 0 Å². The van der Waals surface area contributed by atoms with Gasteiger partial charge in [-0.1, -0.05) is 29.8 Å². The van der Waals surface area contributed by atoms with Crippen LogP contribution in [0.25, 0.3) is 0 Å². The Labute approximate surface area is 79.4 Å². The molecule has 0 spiro atoms. The molecule has 0 aliphatic rings. The number of aryl methyl sites for hydroxylation is 1. The van der Waals surface area contributed by atoms with Crippen LogP contribution in [0.1, 0.15) is 23.6 Å². The highest BCUT2D eigenvalue weighted by molar-refractivity contribution is 7.80. The average molecular weight is 181 g/mol. The molecule has 0 aliphatic heterocycles. The molecule has 1 atom stereocenters. The van der Waals surface area contributed by atoms with E-state index in [1.54, 1.807) is 0 Å². The minimum atomic E-state index is 0.141. The van der Waals surface area contributed by atoms with Gasteiger partial charge in [0.15, 0.2) is 0 Å². The van der Waals surface area contributed by atoms with Crippen molar-refractivity contribution < 1.29 is 0 Å². The maximum atomic E-state index is 5.93. The first kappa shape index (κ1) is 9.62. The van der Waals surface area contributed by atoms with Crippen molar-refractivity contribution in [2.45, 2.75) is 19.4 Å². The molecular weight excluding hydrogens is 166 g/mol. The zero-order valence-electron chi connectivity index (χ0n) is 7.33. The number of hydrogen-bond acceptors (Lipinski definition) is 2. The highest BCUT2D eigenvalue weighted by Crippen LogP contribution is 2.15. The molecule has 1 nitrogen and oxygen atoms in total. The van der Waals surface area contributed by atoms with Crippen molar-refractivity contribution in [3.8, 4) is 0 Å². The minimum absolute atomic E-state index is 0.141. The highest BCUT2D eigenvalue weighted by atomic mass is 32.1. The van der Waals surface area contributed by atoms with Gasteiger partial charge < -0.3 is 5.73 Å². The van der Waals surface area contributed by atoms with E-state index in [1.807, 2.05) is 6.07 Å². The summed E-state index contributed by atoms with van der Waals surface area (Å²) in [6, 6.07) is 8.47. The van der Waals surface area contributed by atoms with Gasteiger partial charge in [0, 0.05) is 6.04 Å². The largest absolute Gasteiger partial charge is 0.324 e. The fourth-order valence-corrected chi connectivity index (χ4v) is 1.48. The summed E-state index contributed by atoms with van der Waals surface area (Å²) < 4.78 is 0. The molecule has 0 aromatic heterocycles. The van der Waals surface area contributed by atoms with E-state index in [1.165, 1.54) is 11.1 Å². The molecule has 1 aromatic rings. The molecule has 0 saturated carbocycles. The molecular formula is C10H15NS. The maximum absolute atomic E-state index is 5.93. The summed E-state index contributed by atoms with van der Waals surface area (Å²) in [6.07, 6.45) is 0.937. The van der Waals surface area contributed by atoms with E-state index < -0.39 is 0 Å². The van der Waals surface area contributed by atoms with Crippen LogP contribution in [0.15, 0.2) is 24.3 Å². The molecule has 1 rings (SSSR count). The molecule has 0 fully saturated rings. The summed E-state index contributed by atoms with van der Waals surface area (Å²) in [5, 5.41) is 0. The molecule has 2 heteroatoms. The Kier molecular flexibility index (Phi) is 3.63. The molecule has 1 unspecified atom stereocenters. The molecule has 0 bridgehead atoms. The van der Waals surface area contributed by atoms with Crippen LogP contribution >= 0.6 is 12.6 Å². The second-order valence-electron chi connectivity index (χ2n) is 3.03. The number of benzene rings is 1. The molecule has 12 heavy (non-hydrogen) atoms. The molecule has 2 N–H and O–H groups in total. The Bertz CT molecular complexity index is 247. The third-order valence-electron chi connectivity index (χ3n) is 1.91. The summed E-state index contributed by atoms with van der Waals surface area (Å²) in [5.41, 5.74) is 8.40. The Balaban J connectivity index is 2.73. The number of thiol groups is 1. The normalized spacial score (nSPS) is 12.9. The molecule has 0 amide bonds. The smallest absolute Gasteiger partial charge is 0.0302 e. The maximum Gasteiger partial charge on any atom is 0.0302 e. The Morgan fingerprint density at radius 2 is 2.25 bits per heavy atom. The minimum Gasteiger partial charge on any atom is -0.324 e. The molecule has 0 heterocycles. The highest BCUT2D eigenvalue weighted by Gasteiger charge is 2.03. The molecule has 66 valence electrons. The van der Waals surface area contributed by atoms with Crippen LogP contribution in [-0.2, 0) is 0 Å². The third-order valence-corrected chi connectivity index (χ3v) is 2.17. The van der Waals surface area contributed by atoms with Crippen molar-refractivity contribution in [2.75, 3.05) is 5.75 Å². The zero-order chi connectivity index (χ0) is 8.97. The van der Waals surface area contributed by atoms with Crippen molar-refractivity contribution in [3.05, 3.63) is 35.4 Å². The lowest BCUT2D eigenvalue weighted by atomic mass is 10.0. The topological polar surface area (TPSA) is 26.0 Å². The first-order chi connectivity index (χ1) is 5.74. The predicted octanol–water partition coefficient (Wildman–Crippen LogP) is 2.31. The van der Waals surface area contributed by atoms with E-state index in [2.05, 4.69) is 37.8 Å². The van der Waals surface area contributed by atoms with Crippen LogP contribution in [0.3, 0.4) is 0 Å². The molecule has 0 aliphatic carbocycles. The van der Waals surface area contributed by atoms with Gasteiger partial charge in [0.2, 0.25) is 0 Å². The lowest BCUT2D eigenvalue weighted by Gasteiger charge is -2.10. The van der Waals surface area contributed by atoms with Gasteiger partial charge in [0.1, 0.15) is 0 Å². The number of rotatable bonds is 3. The van der Waals surface area contributed by atoms with Crippen molar-refractivity contribution in [1.82, 2.24) is 0 Å². The fraction of sp³-hybridized carbons (Fsp3) is 0.400. The van der Waals surface area contributed by atoms with Crippen molar-refractivity contribution in [2.24, 2.45) is 5.73 Å². The summed E-state index contributed by atoms with van der Waals surface area (Å²) in [5.74, 6) is 0.842. The van der Waals surface area contributed by atoms with Gasteiger partial charge in [-0.05, 0) is 24.7 Å². The Morgan fingerprint density at radius 1 is 1.50 bits per heavy atom. The van der Waals surface area contributed by atoms with E-state index >= 15 is 0 Å². The molecule has 0 radical (unpaired) electrons. The van der Waals surface area contributed by atoms with Crippen molar-refractivity contribution in [1.29, 1.82) is 0 Å². The molecule has 1 aromatic carbocycles.